The van der Waals surface area contributed by atoms with Gasteiger partial charge in [0.2, 0.25) is 0 Å². The fourth-order valence-electron chi connectivity index (χ4n) is 2.66. The Labute approximate surface area is 137 Å². The van der Waals surface area contributed by atoms with Crippen LogP contribution in [-0.2, 0) is 0 Å². The first-order valence-electron chi connectivity index (χ1n) is 6.68. The number of hydrogen-bond acceptors (Lipinski definition) is 4. The highest BCUT2D eigenvalue weighted by atomic mass is 79.9. The van der Waals surface area contributed by atoms with Gasteiger partial charge in [0.15, 0.2) is 11.5 Å². The number of fused-ring (bicyclic) bond motifs is 1. The average molecular weight is 357 g/mol. The summed E-state index contributed by atoms with van der Waals surface area (Å²) in [6.07, 6.45) is 7.80. The van der Waals surface area contributed by atoms with E-state index >= 15 is 0 Å². The predicted molar refractivity (Wildman–Crippen MR) is 88.3 cm³/mol. The Kier molecular flexibility index (Phi) is 3.86. The number of hydrogen-bond donors (Lipinski definition) is 0. The second-order valence-corrected chi connectivity index (χ2v) is 5.72. The monoisotopic (exact) mass is 356 g/mol. The molecule has 110 valence electrons. The van der Waals surface area contributed by atoms with Crippen LogP contribution < -0.4 is 9.47 Å². The van der Waals surface area contributed by atoms with E-state index in [1.807, 2.05) is 30.4 Å². The molecule has 0 saturated heterocycles. The number of halogens is 1. The predicted octanol–water partition coefficient (Wildman–Crippen LogP) is 3.91. The normalized spacial score (nSPS) is 18.8. The molecule has 4 nitrogen and oxygen atoms in total. The molecule has 5 heteroatoms. The lowest BCUT2D eigenvalue weighted by Crippen LogP contribution is -2.04. The number of methoxy groups -OCH3 is 2. The molecule has 1 atom stereocenters. The second-order valence-electron chi connectivity index (χ2n) is 4.86. The van der Waals surface area contributed by atoms with Crippen LogP contribution in [-0.4, -0.2) is 19.9 Å². The van der Waals surface area contributed by atoms with Crippen LogP contribution >= 0.6 is 15.9 Å². The Morgan fingerprint density at radius 3 is 2.77 bits per heavy atom. The Hall–Kier alpha value is -2.32. The van der Waals surface area contributed by atoms with Crippen molar-refractivity contribution in [3.05, 3.63) is 57.7 Å². The molecule has 0 amide bonds. The number of nitrogens with zero attached hydrogens (tertiary/aromatic N) is 2. The van der Waals surface area contributed by atoms with Crippen molar-refractivity contribution in [2.24, 2.45) is 4.99 Å². The zero-order valence-electron chi connectivity index (χ0n) is 12.1. The van der Waals surface area contributed by atoms with E-state index < -0.39 is 0 Å². The molecule has 0 bridgehead atoms. The molecule has 0 spiro atoms. The summed E-state index contributed by atoms with van der Waals surface area (Å²) in [5.41, 5.74) is 3.36. The van der Waals surface area contributed by atoms with Gasteiger partial charge in [0.25, 0.3) is 0 Å². The van der Waals surface area contributed by atoms with Crippen molar-refractivity contribution < 1.29 is 9.47 Å². The largest absolute Gasteiger partial charge is 0.493 e. The Morgan fingerprint density at radius 1 is 1.27 bits per heavy atom. The number of benzene rings is 1. The molecule has 0 N–H and O–H groups in total. The zero-order chi connectivity index (χ0) is 15.7. The first-order chi connectivity index (χ1) is 10.7. The van der Waals surface area contributed by atoms with Crippen LogP contribution in [0.4, 0.5) is 0 Å². The molecule has 22 heavy (non-hydrogen) atoms. The second kappa shape index (κ2) is 5.82. The van der Waals surface area contributed by atoms with Crippen LogP contribution in [0.15, 0.2) is 57.2 Å². The van der Waals surface area contributed by atoms with Crippen LogP contribution in [0.5, 0.6) is 11.5 Å². The molecular weight excluding hydrogens is 344 g/mol. The lowest BCUT2D eigenvalue weighted by molar-refractivity contribution is 0.352. The zero-order valence-corrected chi connectivity index (χ0v) is 13.7. The Balaban J connectivity index is 2.06. The maximum absolute atomic E-state index is 9.05. The molecule has 1 aromatic rings. The van der Waals surface area contributed by atoms with Crippen LogP contribution in [0.2, 0.25) is 0 Å². The molecule has 1 aromatic carbocycles. The van der Waals surface area contributed by atoms with Crippen LogP contribution in [0.1, 0.15) is 11.5 Å². The molecule has 0 fully saturated rings. The van der Waals surface area contributed by atoms with E-state index in [0.29, 0.717) is 17.2 Å². The van der Waals surface area contributed by atoms with Crippen LogP contribution in [0, 0.1) is 11.3 Å². The van der Waals surface area contributed by atoms with Gasteiger partial charge in [-0.2, -0.15) is 5.26 Å². The highest BCUT2D eigenvalue weighted by Gasteiger charge is 2.26. The quantitative estimate of drug-likeness (QED) is 0.824. The molecule has 1 aliphatic carbocycles. The summed E-state index contributed by atoms with van der Waals surface area (Å²) in [6.45, 7) is 0. The molecule has 1 unspecified atom stereocenters. The highest BCUT2D eigenvalue weighted by molar-refractivity contribution is 9.10. The third-order valence-electron chi connectivity index (χ3n) is 3.65. The van der Waals surface area contributed by atoms with E-state index in [-0.39, 0.29) is 5.92 Å². The van der Waals surface area contributed by atoms with Gasteiger partial charge >= 0.3 is 0 Å². The summed E-state index contributed by atoms with van der Waals surface area (Å²) in [5, 5.41) is 9.05. The lowest BCUT2D eigenvalue weighted by Gasteiger charge is -2.20. The number of ether oxygens (including phenoxy) is 2. The lowest BCUT2D eigenvalue weighted by atomic mass is 9.86. The van der Waals surface area contributed by atoms with E-state index in [2.05, 4.69) is 33.1 Å². The topological polar surface area (TPSA) is 54.6 Å². The number of rotatable bonds is 3. The Bertz CT molecular complexity index is 798. The molecule has 3 rings (SSSR count). The van der Waals surface area contributed by atoms with Gasteiger partial charge < -0.3 is 9.47 Å². The first kappa shape index (κ1) is 14.6. The van der Waals surface area contributed by atoms with Crippen LogP contribution in [0.25, 0.3) is 0 Å². The van der Waals surface area contributed by atoms with E-state index in [1.165, 1.54) is 0 Å². The molecular formula is C17H13BrN2O2. The van der Waals surface area contributed by atoms with Crippen molar-refractivity contribution in [3.63, 3.8) is 0 Å². The summed E-state index contributed by atoms with van der Waals surface area (Å²) in [5.74, 6) is 1.36. The SMILES string of the molecule is COc1cc(C2C=CC=C3N=C(C#N)C=C32)cc(Br)c1OC. The summed E-state index contributed by atoms with van der Waals surface area (Å²) >= 11 is 3.52. The van der Waals surface area contributed by atoms with Gasteiger partial charge in [0.05, 0.1) is 24.4 Å². The maximum Gasteiger partial charge on any atom is 0.174 e. The molecule has 1 aliphatic heterocycles. The van der Waals surface area contributed by atoms with Gasteiger partial charge in [-0.1, -0.05) is 12.2 Å². The number of nitriles is 1. The maximum atomic E-state index is 9.05. The van der Waals surface area contributed by atoms with E-state index in [4.69, 9.17) is 14.7 Å². The average Bonchev–Trinajstić information content (AvgIpc) is 2.97. The van der Waals surface area contributed by atoms with E-state index in [9.17, 15) is 0 Å². The van der Waals surface area contributed by atoms with Crippen molar-refractivity contribution in [2.75, 3.05) is 14.2 Å². The summed E-state index contributed by atoms with van der Waals surface area (Å²) in [4.78, 5) is 4.31. The minimum Gasteiger partial charge on any atom is -0.493 e. The van der Waals surface area contributed by atoms with Crippen LogP contribution in [0.3, 0.4) is 0 Å². The first-order valence-corrected chi connectivity index (χ1v) is 7.48. The van der Waals surface area contributed by atoms with Gasteiger partial charge in [-0.3, -0.25) is 0 Å². The van der Waals surface area contributed by atoms with Gasteiger partial charge in [-0.15, -0.1) is 0 Å². The molecule has 2 aliphatic rings. The third kappa shape index (κ3) is 2.36. The van der Waals surface area contributed by atoms with Crippen molar-refractivity contribution in [2.45, 2.75) is 5.92 Å². The minimum atomic E-state index is 0.0331. The minimum absolute atomic E-state index is 0.0331. The van der Waals surface area contributed by atoms with Crippen molar-refractivity contribution in [3.8, 4) is 17.6 Å². The number of allylic oxidation sites excluding steroid dienone is 5. The Morgan fingerprint density at radius 2 is 2.09 bits per heavy atom. The van der Waals surface area contributed by atoms with Crippen molar-refractivity contribution in [1.29, 1.82) is 5.26 Å². The standard InChI is InChI=1S/C17H13BrN2O2/c1-21-16-7-10(6-14(18)17(16)22-2)12-4-3-5-15-13(12)8-11(9-19)20-15/h3-8,12H,1-2H3. The number of aliphatic imine (C=N–C) groups is 1. The molecule has 0 aromatic heterocycles. The molecule has 0 radical (unpaired) electrons. The third-order valence-corrected chi connectivity index (χ3v) is 4.24. The smallest absolute Gasteiger partial charge is 0.174 e. The molecule has 1 heterocycles. The van der Waals surface area contributed by atoms with Gasteiger partial charge in [0.1, 0.15) is 11.8 Å². The molecule has 0 saturated carbocycles. The summed E-state index contributed by atoms with van der Waals surface area (Å²) < 4.78 is 11.6. The fourth-order valence-corrected chi connectivity index (χ4v) is 3.28. The fraction of sp³-hybridized carbons (Fsp3) is 0.176. The summed E-state index contributed by atoms with van der Waals surface area (Å²) in [6, 6.07) is 6.05. The van der Waals surface area contributed by atoms with E-state index in [1.54, 1.807) is 14.2 Å². The van der Waals surface area contributed by atoms with Crippen molar-refractivity contribution in [1.82, 2.24) is 0 Å². The van der Waals surface area contributed by atoms with E-state index in [0.717, 1.165) is 21.3 Å². The summed E-state index contributed by atoms with van der Waals surface area (Å²) in [7, 11) is 3.22. The van der Waals surface area contributed by atoms with Gasteiger partial charge in [0, 0.05) is 5.92 Å². The van der Waals surface area contributed by atoms with Crippen molar-refractivity contribution >= 4 is 21.6 Å². The van der Waals surface area contributed by atoms with Gasteiger partial charge in [-0.25, -0.2) is 4.99 Å². The highest BCUT2D eigenvalue weighted by Crippen LogP contribution is 2.43. The van der Waals surface area contributed by atoms with Gasteiger partial charge in [-0.05, 0) is 51.4 Å².